The molecule has 0 aliphatic carbocycles. The van der Waals surface area contributed by atoms with Crippen molar-refractivity contribution in [2.45, 2.75) is 19.4 Å². The first-order valence-electron chi connectivity index (χ1n) is 6.82. The van der Waals surface area contributed by atoms with Gasteiger partial charge < -0.3 is 14.6 Å². The molecule has 1 aliphatic rings. The molecule has 0 bridgehead atoms. The summed E-state index contributed by atoms with van der Waals surface area (Å²) in [6, 6.07) is 5.17. The third-order valence-electron chi connectivity index (χ3n) is 3.74. The Labute approximate surface area is 127 Å². The molecule has 0 fully saturated rings. The number of ether oxygens (including phenoxy) is 1. The van der Waals surface area contributed by atoms with E-state index in [9.17, 15) is 4.79 Å². The second-order valence-corrected chi connectivity index (χ2v) is 5.50. The molecule has 5 nitrogen and oxygen atoms in total. The van der Waals surface area contributed by atoms with Gasteiger partial charge in [0.25, 0.3) is 0 Å². The Morgan fingerprint density at radius 3 is 3.19 bits per heavy atom. The first-order valence-corrected chi connectivity index (χ1v) is 7.19. The molecule has 2 aromatic rings. The van der Waals surface area contributed by atoms with Crippen molar-refractivity contribution in [1.29, 1.82) is 0 Å². The van der Waals surface area contributed by atoms with Gasteiger partial charge in [-0.05, 0) is 24.6 Å². The van der Waals surface area contributed by atoms with E-state index in [0.717, 1.165) is 18.8 Å². The Kier molecular flexibility index (Phi) is 3.84. The number of aromatic nitrogens is 2. The fourth-order valence-corrected chi connectivity index (χ4v) is 2.76. The number of nitrogens with one attached hydrogen (secondary N) is 1. The van der Waals surface area contributed by atoms with Gasteiger partial charge in [0.05, 0.1) is 12.8 Å². The van der Waals surface area contributed by atoms with E-state index in [1.807, 2.05) is 6.20 Å². The Morgan fingerprint density at radius 2 is 2.38 bits per heavy atom. The smallest absolute Gasteiger partial charge is 0.228 e. The van der Waals surface area contributed by atoms with Crippen molar-refractivity contribution in [2.75, 3.05) is 12.4 Å². The van der Waals surface area contributed by atoms with Crippen molar-refractivity contribution in [3.05, 3.63) is 41.4 Å². The SMILES string of the molecule is COc1ccc(Cl)cc1NC(=O)C1CCn2ccnc2C1. The van der Waals surface area contributed by atoms with Crippen molar-refractivity contribution in [1.82, 2.24) is 9.55 Å². The van der Waals surface area contributed by atoms with E-state index >= 15 is 0 Å². The fraction of sp³-hybridized carbons (Fsp3) is 0.333. The molecule has 0 saturated heterocycles. The molecule has 2 heterocycles. The van der Waals surface area contributed by atoms with Gasteiger partial charge in [-0.15, -0.1) is 0 Å². The van der Waals surface area contributed by atoms with Gasteiger partial charge in [-0.25, -0.2) is 4.98 Å². The maximum absolute atomic E-state index is 12.4. The lowest BCUT2D eigenvalue weighted by Crippen LogP contribution is -2.30. The van der Waals surface area contributed by atoms with E-state index in [2.05, 4.69) is 14.9 Å². The molecule has 3 rings (SSSR count). The molecule has 1 aliphatic heterocycles. The zero-order valence-corrected chi connectivity index (χ0v) is 12.4. The third kappa shape index (κ3) is 2.88. The minimum atomic E-state index is -0.0800. The molecule has 1 amide bonds. The second kappa shape index (κ2) is 5.77. The van der Waals surface area contributed by atoms with Crippen LogP contribution in [0, 0.1) is 5.92 Å². The Bertz CT molecular complexity index is 669. The van der Waals surface area contributed by atoms with E-state index in [4.69, 9.17) is 16.3 Å². The molecule has 1 aromatic heterocycles. The van der Waals surface area contributed by atoms with Crippen molar-refractivity contribution in [3.63, 3.8) is 0 Å². The summed E-state index contributed by atoms with van der Waals surface area (Å²) in [6.45, 7) is 0.820. The number of amides is 1. The topological polar surface area (TPSA) is 56.1 Å². The van der Waals surface area contributed by atoms with Gasteiger partial charge in [0.1, 0.15) is 11.6 Å². The molecule has 1 atom stereocenters. The van der Waals surface area contributed by atoms with Crippen LogP contribution in [0.5, 0.6) is 5.75 Å². The summed E-state index contributed by atoms with van der Waals surface area (Å²) < 4.78 is 7.33. The first kappa shape index (κ1) is 13.9. The number of carbonyl (C=O) groups is 1. The van der Waals surface area contributed by atoms with Crippen LogP contribution in [0.4, 0.5) is 5.69 Å². The van der Waals surface area contributed by atoms with Crippen LogP contribution >= 0.6 is 11.6 Å². The van der Waals surface area contributed by atoms with Crippen LogP contribution in [0.3, 0.4) is 0 Å². The number of benzene rings is 1. The normalized spacial score (nSPS) is 17.1. The number of methoxy groups -OCH3 is 1. The summed E-state index contributed by atoms with van der Waals surface area (Å²) in [5, 5.41) is 3.47. The van der Waals surface area contributed by atoms with Gasteiger partial charge in [0.15, 0.2) is 0 Å². The Balaban J connectivity index is 1.74. The maximum atomic E-state index is 12.4. The molecule has 110 valence electrons. The lowest BCUT2D eigenvalue weighted by Gasteiger charge is -2.23. The molecule has 6 heteroatoms. The third-order valence-corrected chi connectivity index (χ3v) is 3.97. The van der Waals surface area contributed by atoms with E-state index < -0.39 is 0 Å². The van der Waals surface area contributed by atoms with E-state index in [1.54, 1.807) is 31.5 Å². The average Bonchev–Trinajstić information content (AvgIpc) is 2.94. The first-order chi connectivity index (χ1) is 10.2. The Morgan fingerprint density at radius 1 is 1.52 bits per heavy atom. The lowest BCUT2D eigenvalue weighted by atomic mass is 9.97. The molecule has 21 heavy (non-hydrogen) atoms. The summed E-state index contributed by atoms with van der Waals surface area (Å²) in [7, 11) is 1.57. The summed E-state index contributed by atoms with van der Waals surface area (Å²) in [6.07, 6.45) is 5.18. The molecule has 1 aromatic carbocycles. The van der Waals surface area contributed by atoms with Crippen LogP contribution in [-0.2, 0) is 17.8 Å². The van der Waals surface area contributed by atoms with Gasteiger partial charge in [-0.2, -0.15) is 0 Å². The summed E-state index contributed by atoms with van der Waals surface area (Å²) >= 11 is 5.98. The van der Waals surface area contributed by atoms with Crippen LogP contribution in [0.25, 0.3) is 0 Å². The average molecular weight is 306 g/mol. The highest BCUT2D eigenvalue weighted by Gasteiger charge is 2.25. The number of fused-ring (bicyclic) bond motifs is 1. The maximum Gasteiger partial charge on any atom is 0.228 e. The van der Waals surface area contributed by atoms with Gasteiger partial charge in [-0.1, -0.05) is 11.6 Å². The minimum Gasteiger partial charge on any atom is -0.495 e. The van der Waals surface area contributed by atoms with Crippen LogP contribution in [0.1, 0.15) is 12.2 Å². The number of rotatable bonds is 3. The van der Waals surface area contributed by atoms with Gasteiger partial charge in [0, 0.05) is 36.3 Å². The number of nitrogens with zero attached hydrogens (tertiary/aromatic N) is 2. The lowest BCUT2D eigenvalue weighted by molar-refractivity contribution is -0.120. The highest BCUT2D eigenvalue weighted by Crippen LogP contribution is 2.29. The number of imidazole rings is 1. The number of anilines is 1. The molecule has 1 unspecified atom stereocenters. The number of halogens is 1. The fourth-order valence-electron chi connectivity index (χ4n) is 2.59. The largest absolute Gasteiger partial charge is 0.495 e. The van der Waals surface area contributed by atoms with Crippen molar-refractivity contribution in [2.24, 2.45) is 5.92 Å². The highest BCUT2D eigenvalue weighted by molar-refractivity contribution is 6.31. The standard InChI is InChI=1S/C15H16ClN3O2/c1-21-13-3-2-11(16)9-12(13)18-15(20)10-4-6-19-7-5-17-14(19)8-10/h2-3,5,7,9-10H,4,6,8H2,1H3,(H,18,20). The quantitative estimate of drug-likeness (QED) is 0.948. The van der Waals surface area contributed by atoms with Gasteiger partial charge in [-0.3, -0.25) is 4.79 Å². The molecule has 1 N–H and O–H groups in total. The number of hydrogen-bond acceptors (Lipinski definition) is 3. The predicted molar refractivity (Wildman–Crippen MR) is 80.7 cm³/mol. The van der Waals surface area contributed by atoms with Gasteiger partial charge in [0.2, 0.25) is 5.91 Å². The summed E-state index contributed by atoms with van der Waals surface area (Å²) in [4.78, 5) is 16.7. The Hall–Kier alpha value is -2.01. The monoisotopic (exact) mass is 305 g/mol. The summed E-state index contributed by atoms with van der Waals surface area (Å²) in [5.74, 6) is 1.46. The molecule has 0 radical (unpaired) electrons. The van der Waals surface area contributed by atoms with Crippen LogP contribution < -0.4 is 10.1 Å². The van der Waals surface area contributed by atoms with Crippen LogP contribution in [0.2, 0.25) is 5.02 Å². The van der Waals surface area contributed by atoms with E-state index in [1.165, 1.54) is 0 Å². The zero-order chi connectivity index (χ0) is 14.8. The molecule has 0 saturated carbocycles. The van der Waals surface area contributed by atoms with Gasteiger partial charge >= 0.3 is 0 Å². The van der Waals surface area contributed by atoms with Crippen LogP contribution in [-0.4, -0.2) is 22.6 Å². The van der Waals surface area contributed by atoms with E-state index in [0.29, 0.717) is 22.9 Å². The number of hydrogen-bond donors (Lipinski definition) is 1. The zero-order valence-electron chi connectivity index (χ0n) is 11.7. The highest BCUT2D eigenvalue weighted by atomic mass is 35.5. The minimum absolute atomic E-state index is 0.0233. The number of carbonyl (C=O) groups excluding carboxylic acids is 1. The van der Waals surface area contributed by atoms with Crippen molar-refractivity contribution < 1.29 is 9.53 Å². The molecular weight excluding hydrogens is 290 g/mol. The van der Waals surface area contributed by atoms with Crippen molar-refractivity contribution in [3.8, 4) is 5.75 Å². The van der Waals surface area contributed by atoms with Crippen molar-refractivity contribution >= 4 is 23.2 Å². The molecular formula is C15H16ClN3O2. The predicted octanol–water partition coefficient (Wildman–Crippen LogP) is 2.75. The molecule has 0 spiro atoms. The van der Waals surface area contributed by atoms with E-state index in [-0.39, 0.29) is 11.8 Å². The summed E-state index contributed by atoms with van der Waals surface area (Å²) in [5.41, 5.74) is 0.601. The van der Waals surface area contributed by atoms with Crippen LogP contribution in [0.15, 0.2) is 30.6 Å². The second-order valence-electron chi connectivity index (χ2n) is 5.06. The number of aryl methyl sites for hydroxylation is 1.